The lowest BCUT2D eigenvalue weighted by Crippen LogP contribution is -2.49. The first-order valence-corrected chi connectivity index (χ1v) is 11.9. The molecule has 2 amide bonds. The van der Waals surface area contributed by atoms with E-state index in [4.69, 9.17) is 4.74 Å². The fourth-order valence-electron chi connectivity index (χ4n) is 4.48. The quantitative estimate of drug-likeness (QED) is 0.537. The largest absolute Gasteiger partial charge is 0.480 e. The van der Waals surface area contributed by atoms with Gasteiger partial charge in [0.25, 0.3) is 0 Å². The van der Waals surface area contributed by atoms with E-state index >= 15 is 0 Å². The second kappa shape index (κ2) is 11.2. The van der Waals surface area contributed by atoms with Gasteiger partial charge in [0.15, 0.2) is 0 Å². The molecule has 0 saturated heterocycles. The Bertz CT molecular complexity index is 990. The number of hydrogen-bond acceptors (Lipinski definition) is 4. The monoisotopic (exact) mass is 466 g/mol. The van der Waals surface area contributed by atoms with E-state index < -0.39 is 18.0 Å². The van der Waals surface area contributed by atoms with Gasteiger partial charge in [-0.15, -0.1) is 0 Å². The van der Waals surface area contributed by atoms with E-state index in [9.17, 15) is 19.5 Å². The first-order valence-electron chi connectivity index (χ1n) is 11.9. The second-order valence-electron chi connectivity index (χ2n) is 9.17. The molecule has 182 valence electrons. The zero-order valence-corrected chi connectivity index (χ0v) is 20.3. The summed E-state index contributed by atoms with van der Waals surface area (Å²) in [5, 5.41) is 12.0. The summed E-state index contributed by atoms with van der Waals surface area (Å²) in [7, 11) is 0. The maximum Gasteiger partial charge on any atom is 0.407 e. The van der Waals surface area contributed by atoms with Crippen molar-refractivity contribution >= 4 is 18.0 Å². The molecule has 0 spiro atoms. The number of benzene rings is 2. The summed E-state index contributed by atoms with van der Waals surface area (Å²) in [4.78, 5) is 38.4. The Hall–Kier alpha value is -3.35. The molecule has 2 N–H and O–H groups in total. The molecule has 1 aliphatic carbocycles. The highest BCUT2D eigenvalue weighted by Crippen LogP contribution is 2.44. The number of fused-ring (bicyclic) bond motifs is 3. The fourth-order valence-corrected chi connectivity index (χ4v) is 4.48. The number of rotatable bonds is 10. The summed E-state index contributed by atoms with van der Waals surface area (Å²) >= 11 is 0. The summed E-state index contributed by atoms with van der Waals surface area (Å²) in [5.41, 5.74) is 4.57. The maximum absolute atomic E-state index is 13.1. The molecule has 0 aromatic heterocycles. The maximum atomic E-state index is 13.1. The van der Waals surface area contributed by atoms with Gasteiger partial charge in [0.05, 0.1) is 5.92 Å². The summed E-state index contributed by atoms with van der Waals surface area (Å²) in [6, 6.07) is 16.0. The third-order valence-corrected chi connectivity index (χ3v) is 6.64. The minimum absolute atomic E-state index is 0.0443. The van der Waals surface area contributed by atoms with Gasteiger partial charge in [-0.25, -0.2) is 4.79 Å². The number of carboxylic acid groups (broad SMARTS) is 1. The van der Waals surface area contributed by atoms with Gasteiger partial charge in [-0.1, -0.05) is 69.3 Å². The molecule has 0 radical (unpaired) electrons. The minimum Gasteiger partial charge on any atom is -0.480 e. The molecule has 2 aromatic rings. The van der Waals surface area contributed by atoms with Gasteiger partial charge in [0, 0.05) is 18.5 Å². The van der Waals surface area contributed by atoms with Crippen LogP contribution in [0.25, 0.3) is 11.1 Å². The van der Waals surface area contributed by atoms with Crippen LogP contribution in [-0.4, -0.2) is 53.7 Å². The molecule has 0 heterocycles. The molecule has 34 heavy (non-hydrogen) atoms. The number of hydrogen-bond donors (Lipinski definition) is 2. The Morgan fingerprint density at radius 3 is 2.06 bits per heavy atom. The Labute approximate surface area is 201 Å². The van der Waals surface area contributed by atoms with Crippen molar-refractivity contribution in [3.8, 4) is 11.1 Å². The van der Waals surface area contributed by atoms with Crippen molar-refractivity contribution in [2.75, 3.05) is 19.7 Å². The van der Waals surface area contributed by atoms with Crippen LogP contribution in [0.3, 0.4) is 0 Å². The smallest absolute Gasteiger partial charge is 0.407 e. The van der Waals surface area contributed by atoms with E-state index in [-0.39, 0.29) is 43.5 Å². The van der Waals surface area contributed by atoms with Crippen LogP contribution in [0.15, 0.2) is 48.5 Å². The zero-order valence-electron chi connectivity index (χ0n) is 20.3. The highest BCUT2D eigenvalue weighted by molar-refractivity contribution is 5.84. The first kappa shape index (κ1) is 25.3. The normalized spacial score (nSPS) is 14.1. The molecule has 3 rings (SSSR count). The molecule has 0 bridgehead atoms. The zero-order chi connectivity index (χ0) is 24.8. The van der Waals surface area contributed by atoms with E-state index in [2.05, 4.69) is 29.6 Å². The number of alkyl carbamates (subject to hydrolysis) is 1. The van der Waals surface area contributed by atoms with Crippen LogP contribution >= 0.6 is 0 Å². The molecule has 0 aliphatic heterocycles. The van der Waals surface area contributed by atoms with Gasteiger partial charge in [0.1, 0.15) is 13.2 Å². The van der Waals surface area contributed by atoms with Crippen LogP contribution in [-0.2, 0) is 14.3 Å². The summed E-state index contributed by atoms with van der Waals surface area (Å²) in [5.74, 6) is -2.00. The van der Waals surface area contributed by atoms with E-state index in [1.54, 1.807) is 0 Å². The number of amides is 2. The fraction of sp³-hybridized carbons (Fsp3) is 0.444. The van der Waals surface area contributed by atoms with Crippen molar-refractivity contribution < 1.29 is 24.2 Å². The lowest BCUT2D eigenvalue weighted by atomic mass is 9.93. The summed E-state index contributed by atoms with van der Waals surface area (Å²) in [6.07, 6.45) is 0.0533. The van der Waals surface area contributed by atoms with Crippen LogP contribution < -0.4 is 5.32 Å². The molecule has 1 aliphatic rings. The Morgan fingerprint density at radius 1 is 1.00 bits per heavy atom. The van der Waals surface area contributed by atoms with Crippen LogP contribution in [0.2, 0.25) is 0 Å². The van der Waals surface area contributed by atoms with E-state index in [0.29, 0.717) is 6.42 Å². The van der Waals surface area contributed by atoms with E-state index in [1.165, 1.54) is 4.90 Å². The molecule has 0 fully saturated rings. The Balaban J connectivity index is 1.63. The predicted molar refractivity (Wildman–Crippen MR) is 131 cm³/mol. The molecule has 2 unspecified atom stereocenters. The third-order valence-electron chi connectivity index (χ3n) is 6.64. The van der Waals surface area contributed by atoms with Crippen LogP contribution in [0, 0.1) is 11.8 Å². The third kappa shape index (κ3) is 5.58. The molecular formula is C27H34N2O5. The van der Waals surface area contributed by atoms with Crippen molar-refractivity contribution in [1.29, 1.82) is 0 Å². The van der Waals surface area contributed by atoms with Crippen molar-refractivity contribution in [2.45, 2.75) is 46.1 Å². The molecule has 7 nitrogen and oxygen atoms in total. The number of nitrogens with one attached hydrogen (secondary N) is 1. The van der Waals surface area contributed by atoms with Gasteiger partial charge >= 0.3 is 12.1 Å². The topological polar surface area (TPSA) is 95.9 Å². The second-order valence-corrected chi connectivity index (χ2v) is 9.17. The Morgan fingerprint density at radius 2 is 1.56 bits per heavy atom. The number of carboxylic acids is 1. The molecule has 7 heteroatoms. The number of aliphatic carboxylic acids is 1. The van der Waals surface area contributed by atoms with Crippen LogP contribution in [0.4, 0.5) is 4.79 Å². The number of nitrogens with zero attached hydrogens (tertiary/aromatic N) is 1. The van der Waals surface area contributed by atoms with E-state index in [1.807, 2.05) is 52.0 Å². The molecular weight excluding hydrogens is 432 g/mol. The van der Waals surface area contributed by atoms with Crippen molar-refractivity contribution in [3.05, 3.63) is 59.7 Å². The lowest BCUT2D eigenvalue weighted by Gasteiger charge is -2.32. The first-order chi connectivity index (χ1) is 16.2. The van der Waals surface area contributed by atoms with Crippen molar-refractivity contribution in [1.82, 2.24) is 10.2 Å². The number of carbonyl (C=O) groups excluding carboxylic acids is 2. The number of carbonyl (C=O) groups is 3. The van der Waals surface area contributed by atoms with Crippen molar-refractivity contribution in [2.24, 2.45) is 11.8 Å². The van der Waals surface area contributed by atoms with Gasteiger partial charge in [0.2, 0.25) is 5.91 Å². The van der Waals surface area contributed by atoms with Gasteiger partial charge in [-0.2, -0.15) is 0 Å². The highest BCUT2D eigenvalue weighted by Gasteiger charge is 2.32. The molecule has 0 saturated carbocycles. The predicted octanol–water partition coefficient (Wildman–Crippen LogP) is 4.51. The molecule has 2 aromatic carbocycles. The van der Waals surface area contributed by atoms with Gasteiger partial charge in [-0.05, 0) is 41.5 Å². The summed E-state index contributed by atoms with van der Waals surface area (Å²) < 4.78 is 5.57. The molecule has 2 atom stereocenters. The van der Waals surface area contributed by atoms with Crippen LogP contribution in [0.1, 0.15) is 51.2 Å². The van der Waals surface area contributed by atoms with E-state index in [0.717, 1.165) is 22.3 Å². The van der Waals surface area contributed by atoms with Crippen LogP contribution in [0.5, 0.6) is 0 Å². The average molecular weight is 467 g/mol. The van der Waals surface area contributed by atoms with Gasteiger partial charge in [-0.3, -0.25) is 9.59 Å². The summed E-state index contributed by atoms with van der Waals surface area (Å²) in [6.45, 7) is 7.43. The highest BCUT2D eigenvalue weighted by atomic mass is 16.5. The minimum atomic E-state index is -1.05. The average Bonchev–Trinajstić information content (AvgIpc) is 3.14. The standard InChI is InChI=1S/C27H34N2O5/c1-5-18(4)29(15-25(30)31)26(32)23(17(2)3)14-28-27(33)34-16-24-21-12-8-6-10-19(21)20-11-7-9-13-22(20)24/h6-13,17-18,23-24H,5,14-16H2,1-4H3,(H,28,33)(H,30,31). The van der Waals surface area contributed by atoms with Gasteiger partial charge < -0.3 is 20.1 Å². The SMILES string of the molecule is CCC(C)N(CC(=O)O)C(=O)C(CNC(=O)OCC1c2ccccc2-c2ccccc21)C(C)C. The lowest BCUT2D eigenvalue weighted by molar-refractivity contribution is -0.148. The number of ether oxygens (including phenoxy) is 1. The Kier molecular flexibility index (Phi) is 8.31. The van der Waals surface area contributed by atoms with Crippen molar-refractivity contribution in [3.63, 3.8) is 0 Å².